The molecule has 4 aromatic rings. The van der Waals surface area contributed by atoms with Gasteiger partial charge in [-0.3, -0.25) is 9.78 Å². The summed E-state index contributed by atoms with van der Waals surface area (Å²) < 4.78 is 0. The van der Waals surface area contributed by atoms with Crippen molar-refractivity contribution < 1.29 is 4.79 Å². The van der Waals surface area contributed by atoms with Crippen LogP contribution in [0.2, 0.25) is 0 Å². The molecule has 130 valence electrons. The van der Waals surface area contributed by atoms with Crippen molar-refractivity contribution in [3.8, 4) is 11.3 Å². The maximum Gasteiger partial charge on any atom is 0.226 e. The maximum atomic E-state index is 12.2. The Morgan fingerprint density at radius 2 is 2.12 bits per heavy atom. The van der Waals surface area contributed by atoms with Crippen LogP contribution in [0.25, 0.3) is 22.2 Å². The van der Waals surface area contributed by atoms with E-state index in [2.05, 4.69) is 32.4 Å². The molecule has 0 saturated carbocycles. The Labute approximate surface area is 155 Å². The minimum absolute atomic E-state index is 0.00284. The fourth-order valence-electron chi connectivity index (χ4n) is 2.94. The molecular weight excluding hydrogens is 344 g/mol. The van der Waals surface area contributed by atoms with E-state index in [1.807, 2.05) is 35.8 Å². The summed E-state index contributed by atoms with van der Waals surface area (Å²) in [5, 5.41) is 6.68. The van der Waals surface area contributed by atoms with Crippen LogP contribution >= 0.6 is 11.3 Å². The number of hydrogen-bond acceptors (Lipinski definition) is 4. The first-order valence-corrected chi connectivity index (χ1v) is 9.38. The minimum atomic E-state index is -0.00284. The van der Waals surface area contributed by atoms with E-state index in [1.165, 1.54) is 22.3 Å². The number of carbonyl (C=O) groups excluding carboxylic acids is 1. The van der Waals surface area contributed by atoms with Gasteiger partial charge >= 0.3 is 0 Å². The van der Waals surface area contributed by atoms with Crippen LogP contribution in [0.3, 0.4) is 0 Å². The van der Waals surface area contributed by atoms with Crippen molar-refractivity contribution in [3.63, 3.8) is 0 Å². The molecule has 0 aliphatic carbocycles. The van der Waals surface area contributed by atoms with Crippen molar-refractivity contribution >= 4 is 33.3 Å². The lowest BCUT2D eigenvalue weighted by atomic mass is 10.1. The van der Waals surface area contributed by atoms with Gasteiger partial charge in [-0.2, -0.15) is 0 Å². The van der Waals surface area contributed by atoms with Crippen LogP contribution in [-0.2, 0) is 11.2 Å². The van der Waals surface area contributed by atoms with E-state index in [-0.39, 0.29) is 5.91 Å². The molecule has 26 heavy (non-hydrogen) atoms. The number of amides is 1. The van der Waals surface area contributed by atoms with Gasteiger partial charge in [0, 0.05) is 46.9 Å². The number of thiazole rings is 1. The number of aromatic nitrogens is 3. The highest BCUT2D eigenvalue weighted by Gasteiger charge is 2.09. The number of pyridine rings is 1. The van der Waals surface area contributed by atoms with Crippen LogP contribution in [0.1, 0.15) is 18.4 Å². The third kappa shape index (κ3) is 3.65. The summed E-state index contributed by atoms with van der Waals surface area (Å²) in [4.78, 5) is 24.0. The molecule has 0 bridgehead atoms. The van der Waals surface area contributed by atoms with Crippen molar-refractivity contribution in [2.75, 3.05) is 5.32 Å². The lowest BCUT2D eigenvalue weighted by molar-refractivity contribution is -0.116. The predicted molar refractivity (Wildman–Crippen MR) is 105 cm³/mol. The molecule has 5 nitrogen and oxygen atoms in total. The predicted octanol–water partition coefficient (Wildman–Crippen LogP) is 4.65. The molecule has 2 N–H and O–H groups in total. The number of hydrogen-bond donors (Lipinski definition) is 2. The van der Waals surface area contributed by atoms with Crippen molar-refractivity contribution in [1.82, 2.24) is 15.0 Å². The van der Waals surface area contributed by atoms with Crippen LogP contribution < -0.4 is 5.32 Å². The zero-order valence-electron chi connectivity index (χ0n) is 14.1. The van der Waals surface area contributed by atoms with Gasteiger partial charge in [0.25, 0.3) is 0 Å². The molecule has 0 unspecified atom stereocenters. The third-order valence-electron chi connectivity index (χ3n) is 4.23. The molecule has 0 aliphatic rings. The molecular formula is C20H18N4OS. The summed E-state index contributed by atoms with van der Waals surface area (Å²) in [6.07, 6.45) is 7.67. The Morgan fingerprint density at radius 3 is 3.00 bits per heavy atom. The summed E-state index contributed by atoms with van der Waals surface area (Å²) in [5.74, 6) is -0.00284. The Balaban J connectivity index is 1.31. The third-order valence-corrected chi connectivity index (χ3v) is 4.99. The van der Waals surface area contributed by atoms with E-state index in [1.54, 1.807) is 12.4 Å². The van der Waals surface area contributed by atoms with E-state index in [4.69, 9.17) is 0 Å². The number of anilines is 1. The number of H-pyrrole nitrogens is 1. The van der Waals surface area contributed by atoms with Crippen molar-refractivity contribution in [1.29, 1.82) is 0 Å². The molecule has 1 amide bonds. The first kappa shape index (κ1) is 16.5. The minimum Gasteiger partial charge on any atom is -0.361 e. The van der Waals surface area contributed by atoms with Gasteiger partial charge in [0.05, 0.1) is 5.69 Å². The highest BCUT2D eigenvalue weighted by atomic mass is 32.1. The second-order valence-electron chi connectivity index (χ2n) is 6.04. The second-order valence-corrected chi connectivity index (χ2v) is 6.90. The fourth-order valence-corrected chi connectivity index (χ4v) is 3.67. The van der Waals surface area contributed by atoms with Gasteiger partial charge in [-0.05, 0) is 36.6 Å². The van der Waals surface area contributed by atoms with E-state index in [0.29, 0.717) is 11.6 Å². The van der Waals surface area contributed by atoms with Gasteiger partial charge in [0.2, 0.25) is 5.91 Å². The van der Waals surface area contributed by atoms with Gasteiger partial charge in [-0.15, -0.1) is 11.3 Å². The Hall–Kier alpha value is -2.99. The van der Waals surface area contributed by atoms with Crippen LogP contribution in [0, 0.1) is 0 Å². The quantitative estimate of drug-likeness (QED) is 0.524. The van der Waals surface area contributed by atoms with Gasteiger partial charge in [-0.1, -0.05) is 18.2 Å². The fraction of sp³-hybridized carbons (Fsp3) is 0.150. The normalized spacial score (nSPS) is 10.9. The highest BCUT2D eigenvalue weighted by molar-refractivity contribution is 7.14. The summed E-state index contributed by atoms with van der Waals surface area (Å²) in [6, 6.07) is 12.1. The molecule has 1 aromatic carbocycles. The molecule has 3 aromatic heterocycles. The summed E-state index contributed by atoms with van der Waals surface area (Å²) >= 11 is 1.43. The topological polar surface area (TPSA) is 70.7 Å². The average Bonchev–Trinajstić information content (AvgIpc) is 3.30. The van der Waals surface area contributed by atoms with Crippen LogP contribution in [0.15, 0.2) is 60.4 Å². The summed E-state index contributed by atoms with van der Waals surface area (Å²) in [7, 11) is 0. The standard InChI is InChI=1S/C20H18N4OS/c25-19(9-3-5-14-12-22-17-8-2-1-7-16(14)17)24-20-23-18(13-26-20)15-6-4-10-21-11-15/h1-2,4,6-8,10-13,22H,3,5,9H2,(H,23,24,25). The lowest BCUT2D eigenvalue weighted by Crippen LogP contribution is -2.11. The van der Waals surface area contributed by atoms with E-state index < -0.39 is 0 Å². The van der Waals surface area contributed by atoms with E-state index >= 15 is 0 Å². The number of benzene rings is 1. The van der Waals surface area contributed by atoms with E-state index in [0.717, 1.165) is 29.6 Å². The second kappa shape index (κ2) is 7.49. The first-order chi connectivity index (χ1) is 12.8. The Morgan fingerprint density at radius 1 is 1.19 bits per heavy atom. The molecule has 0 radical (unpaired) electrons. The number of nitrogens with zero attached hydrogens (tertiary/aromatic N) is 2. The maximum absolute atomic E-state index is 12.2. The number of rotatable bonds is 6. The van der Waals surface area contributed by atoms with E-state index in [9.17, 15) is 4.79 Å². The molecule has 6 heteroatoms. The molecule has 0 saturated heterocycles. The van der Waals surface area contributed by atoms with Crippen LogP contribution in [0.5, 0.6) is 0 Å². The Bertz CT molecular complexity index is 1020. The molecule has 4 rings (SSSR count). The number of para-hydroxylation sites is 1. The van der Waals surface area contributed by atoms with Crippen LogP contribution in [-0.4, -0.2) is 20.9 Å². The summed E-state index contributed by atoms with van der Waals surface area (Å²) in [5.41, 5.74) is 4.17. The molecule has 0 aliphatic heterocycles. The molecule has 0 atom stereocenters. The molecule has 3 heterocycles. The average molecular weight is 362 g/mol. The Kier molecular flexibility index (Phi) is 4.75. The molecule has 0 fully saturated rings. The first-order valence-electron chi connectivity index (χ1n) is 8.50. The van der Waals surface area contributed by atoms with Gasteiger partial charge in [-0.25, -0.2) is 4.98 Å². The number of aryl methyl sites for hydroxylation is 1. The zero-order valence-corrected chi connectivity index (χ0v) is 14.9. The number of carbonyl (C=O) groups is 1. The SMILES string of the molecule is O=C(CCCc1c[nH]c2ccccc12)Nc1nc(-c2cccnc2)cs1. The lowest BCUT2D eigenvalue weighted by Gasteiger charge is -2.02. The van der Waals surface area contributed by atoms with Gasteiger partial charge in [0.15, 0.2) is 5.13 Å². The summed E-state index contributed by atoms with van der Waals surface area (Å²) in [6.45, 7) is 0. The van der Waals surface area contributed by atoms with Gasteiger partial charge in [0.1, 0.15) is 0 Å². The van der Waals surface area contributed by atoms with Gasteiger partial charge < -0.3 is 10.3 Å². The highest BCUT2D eigenvalue weighted by Crippen LogP contribution is 2.24. The molecule has 0 spiro atoms. The number of nitrogens with one attached hydrogen (secondary N) is 2. The van der Waals surface area contributed by atoms with Crippen molar-refractivity contribution in [2.24, 2.45) is 0 Å². The number of aromatic amines is 1. The zero-order chi connectivity index (χ0) is 17.8. The smallest absolute Gasteiger partial charge is 0.226 e. The largest absolute Gasteiger partial charge is 0.361 e. The van der Waals surface area contributed by atoms with Crippen molar-refractivity contribution in [3.05, 3.63) is 65.9 Å². The number of fused-ring (bicyclic) bond motifs is 1. The van der Waals surface area contributed by atoms with Crippen LogP contribution in [0.4, 0.5) is 5.13 Å². The monoisotopic (exact) mass is 362 g/mol. The van der Waals surface area contributed by atoms with Crippen molar-refractivity contribution in [2.45, 2.75) is 19.3 Å².